The third-order valence-electron chi connectivity index (χ3n) is 4.09. The highest BCUT2D eigenvalue weighted by atomic mass is 16.3. The van der Waals surface area contributed by atoms with Crippen LogP contribution in [0.15, 0.2) is 0 Å². The lowest BCUT2D eigenvalue weighted by Gasteiger charge is -2.33. The molecule has 1 aliphatic rings. The number of aliphatic hydroxyl groups excluding tert-OH is 1. The first kappa shape index (κ1) is 12.0. The van der Waals surface area contributed by atoms with Gasteiger partial charge in [-0.15, -0.1) is 0 Å². The van der Waals surface area contributed by atoms with Crippen molar-refractivity contribution in [1.82, 2.24) is 0 Å². The molecule has 1 nitrogen and oxygen atoms in total. The van der Waals surface area contributed by atoms with Gasteiger partial charge in [0.05, 0.1) is 6.10 Å². The van der Waals surface area contributed by atoms with Gasteiger partial charge in [0.15, 0.2) is 0 Å². The summed E-state index contributed by atoms with van der Waals surface area (Å²) in [6.45, 7) is 4.46. The van der Waals surface area contributed by atoms with Crippen LogP contribution in [-0.4, -0.2) is 11.2 Å². The van der Waals surface area contributed by atoms with Gasteiger partial charge in [-0.3, -0.25) is 0 Å². The maximum atomic E-state index is 10.2. The molecule has 0 radical (unpaired) electrons. The predicted octanol–water partition coefficient (Wildman–Crippen LogP) is 3.90. The largest absolute Gasteiger partial charge is 0.393 e. The summed E-state index contributed by atoms with van der Waals surface area (Å²) < 4.78 is 0. The average Bonchev–Trinajstić information content (AvgIpc) is 2.67. The van der Waals surface area contributed by atoms with Gasteiger partial charge in [-0.25, -0.2) is 0 Å². The van der Waals surface area contributed by atoms with Gasteiger partial charge < -0.3 is 5.11 Å². The second-order valence-electron chi connectivity index (χ2n) is 4.93. The first-order chi connectivity index (χ1) is 6.75. The normalized spacial score (nSPS) is 22.5. The summed E-state index contributed by atoms with van der Waals surface area (Å²) in [5.41, 5.74) is 0.299. The second-order valence-corrected chi connectivity index (χ2v) is 4.93. The summed E-state index contributed by atoms with van der Waals surface area (Å²) in [5, 5.41) is 10.2. The summed E-state index contributed by atoms with van der Waals surface area (Å²) in [6, 6.07) is 0. The Morgan fingerprint density at radius 3 is 2.29 bits per heavy atom. The van der Waals surface area contributed by atoms with Gasteiger partial charge in [-0.2, -0.15) is 0 Å². The van der Waals surface area contributed by atoms with Gasteiger partial charge in [0.2, 0.25) is 0 Å². The lowest BCUT2D eigenvalue weighted by Crippen LogP contribution is -2.31. The van der Waals surface area contributed by atoms with Crippen molar-refractivity contribution in [3.05, 3.63) is 0 Å². The Morgan fingerprint density at radius 1 is 1.14 bits per heavy atom. The fourth-order valence-corrected chi connectivity index (χ4v) is 2.90. The molecule has 0 amide bonds. The number of aliphatic hydroxyl groups is 1. The van der Waals surface area contributed by atoms with Gasteiger partial charge in [0, 0.05) is 0 Å². The van der Waals surface area contributed by atoms with Crippen molar-refractivity contribution < 1.29 is 5.11 Å². The molecule has 14 heavy (non-hydrogen) atoms. The highest BCUT2D eigenvalue weighted by Gasteiger charge is 2.38. The Labute approximate surface area is 88.9 Å². The van der Waals surface area contributed by atoms with Crippen LogP contribution < -0.4 is 0 Å². The van der Waals surface area contributed by atoms with Crippen molar-refractivity contribution in [3.63, 3.8) is 0 Å². The lowest BCUT2D eigenvalue weighted by molar-refractivity contribution is 0.0172. The molecule has 0 aromatic carbocycles. The molecule has 0 bridgehead atoms. The molecule has 1 N–H and O–H groups in total. The van der Waals surface area contributed by atoms with Crippen LogP contribution in [0, 0.1) is 5.41 Å². The lowest BCUT2D eigenvalue weighted by atomic mass is 9.76. The van der Waals surface area contributed by atoms with Gasteiger partial charge in [-0.1, -0.05) is 46.0 Å². The number of hydrogen-bond donors (Lipinski definition) is 1. The van der Waals surface area contributed by atoms with E-state index in [0.717, 1.165) is 6.42 Å². The minimum Gasteiger partial charge on any atom is -0.393 e. The monoisotopic (exact) mass is 198 g/mol. The van der Waals surface area contributed by atoms with Crippen LogP contribution in [0.1, 0.15) is 71.6 Å². The predicted molar refractivity (Wildman–Crippen MR) is 61.3 cm³/mol. The first-order valence-electron chi connectivity index (χ1n) is 6.43. The van der Waals surface area contributed by atoms with E-state index in [2.05, 4.69) is 13.8 Å². The summed E-state index contributed by atoms with van der Waals surface area (Å²) in [4.78, 5) is 0. The highest BCUT2D eigenvalue weighted by Crippen LogP contribution is 2.45. The maximum absolute atomic E-state index is 10.2. The van der Waals surface area contributed by atoms with Crippen molar-refractivity contribution in [1.29, 1.82) is 0 Å². The summed E-state index contributed by atoms with van der Waals surface area (Å²) >= 11 is 0. The van der Waals surface area contributed by atoms with E-state index in [1.54, 1.807) is 0 Å². The van der Waals surface area contributed by atoms with Crippen molar-refractivity contribution in [3.8, 4) is 0 Å². The van der Waals surface area contributed by atoms with E-state index in [0.29, 0.717) is 5.41 Å². The van der Waals surface area contributed by atoms with Gasteiger partial charge in [0.25, 0.3) is 0 Å². The standard InChI is InChI=1S/C13H26O/c1-3-5-6-9-12(14)13(4-2)10-7-8-11-13/h12,14H,3-11H2,1-2H3. The van der Waals surface area contributed by atoms with Crippen LogP contribution in [0.5, 0.6) is 0 Å². The van der Waals surface area contributed by atoms with Gasteiger partial charge in [-0.05, 0) is 31.1 Å². The molecule has 1 heteroatoms. The number of unbranched alkanes of at least 4 members (excludes halogenated alkanes) is 2. The zero-order chi connectivity index (χ0) is 10.4. The summed E-state index contributed by atoms with van der Waals surface area (Å²) in [7, 11) is 0. The van der Waals surface area contributed by atoms with Crippen LogP contribution >= 0.6 is 0 Å². The van der Waals surface area contributed by atoms with E-state index >= 15 is 0 Å². The second kappa shape index (κ2) is 5.75. The van der Waals surface area contributed by atoms with Crippen molar-refractivity contribution >= 4 is 0 Å². The topological polar surface area (TPSA) is 20.2 Å². The molecule has 84 valence electrons. The molecular weight excluding hydrogens is 172 g/mol. The van der Waals surface area contributed by atoms with Crippen molar-refractivity contribution in [2.24, 2.45) is 5.41 Å². The Hall–Kier alpha value is -0.0400. The summed E-state index contributed by atoms with van der Waals surface area (Å²) in [6.07, 6.45) is 11.1. The van der Waals surface area contributed by atoms with Crippen LogP contribution in [-0.2, 0) is 0 Å². The molecule has 1 fully saturated rings. The molecular formula is C13H26O. The summed E-state index contributed by atoms with van der Waals surface area (Å²) in [5.74, 6) is 0. The molecule has 1 saturated carbocycles. The van der Waals surface area contributed by atoms with Crippen LogP contribution in [0.4, 0.5) is 0 Å². The third kappa shape index (κ3) is 2.73. The van der Waals surface area contributed by atoms with E-state index in [-0.39, 0.29) is 6.10 Å². The first-order valence-corrected chi connectivity index (χ1v) is 6.43. The third-order valence-corrected chi connectivity index (χ3v) is 4.09. The van der Waals surface area contributed by atoms with Crippen LogP contribution in [0.2, 0.25) is 0 Å². The number of hydrogen-bond acceptors (Lipinski definition) is 1. The Kier molecular flexibility index (Phi) is 4.94. The molecule has 1 atom stereocenters. The Balaban J connectivity index is 2.35. The van der Waals surface area contributed by atoms with E-state index < -0.39 is 0 Å². The average molecular weight is 198 g/mol. The van der Waals surface area contributed by atoms with Gasteiger partial charge in [0.1, 0.15) is 0 Å². The van der Waals surface area contributed by atoms with Gasteiger partial charge >= 0.3 is 0 Å². The minimum absolute atomic E-state index is 0.0263. The molecule has 0 aromatic rings. The molecule has 1 aliphatic carbocycles. The molecule has 0 spiro atoms. The van der Waals surface area contributed by atoms with Crippen molar-refractivity contribution in [2.45, 2.75) is 77.7 Å². The van der Waals surface area contributed by atoms with Crippen LogP contribution in [0.25, 0.3) is 0 Å². The Morgan fingerprint density at radius 2 is 1.79 bits per heavy atom. The SMILES string of the molecule is CCCCCC(O)C1(CC)CCCC1. The molecule has 1 unspecified atom stereocenters. The fourth-order valence-electron chi connectivity index (χ4n) is 2.90. The highest BCUT2D eigenvalue weighted by molar-refractivity contribution is 4.89. The molecule has 1 rings (SSSR count). The maximum Gasteiger partial charge on any atom is 0.0596 e. The zero-order valence-electron chi connectivity index (χ0n) is 9.89. The Bertz CT molecular complexity index is 147. The van der Waals surface area contributed by atoms with E-state index in [1.165, 1.54) is 51.4 Å². The molecule has 0 aromatic heterocycles. The quantitative estimate of drug-likeness (QED) is 0.642. The molecule has 0 heterocycles. The smallest absolute Gasteiger partial charge is 0.0596 e. The van der Waals surface area contributed by atoms with Crippen LogP contribution in [0.3, 0.4) is 0 Å². The molecule has 0 aliphatic heterocycles. The fraction of sp³-hybridized carbons (Fsp3) is 1.00. The van der Waals surface area contributed by atoms with E-state index in [4.69, 9.17) is 0 Å². The zero-order valence-corrected chi connectivity index (χ0v) is 9.89. The number of rotatable bonds is 6. The van der Waals surface area contributed by atoms with E-state index in [9.17, 15) is 5.11 Å². The van der Waals surface area contributed by atoms with E-state index in [1.807, 2.05) is 0 Å². The molecule has 0 saturated heterocycles. The van der Waals surface area contributed by atoms with Crippen molar-refractivity contribution in [2.75, 3.05) is 0 Å². The minimum atomic E-state index is -0.0263.